The summed E-state index contributed by atoms with van der Waals surface area (Å²) in [5, 5.41) is 15.5. The van der Waals surface area contributed by atoms with E-state index in [1.807, 2.05) is 34.9 Å². The first-order valence-corrected chi connectivity index (χ1v) is 11.5. The molecule has 0 radical (unpaired) electrons. The molecule has 0 amide bonds. The summed E-state index contributed by atoms with van der Waals surface area (Å²) in [7, 11) is 0. The molecule has 1 spiro atoms. The van der Waals surface area contributed by atoms with E-state index in [9.17, 15) is 0 Å². The summed E-state index contributed by atoms with van der Waals surface area (Å²) < 4.78 is 8.49. The van der Waals surface area contributed by atoms with Gasteiger partial charge in [0.2, 0.25) is 0 Å². The van der Waals surface area contributed by atoms with Gasteiger partial charge in [-0.15, -0.1) is 10.2 Å². The third kappa shape index (κ3) is 4.20. The second kappa shape index (κ2) is 9.02. The molecule has 1 saturated carbocycles. The molecule has 1 aliphatic heterocycles. The Balaban J connectivity index is 1.38. The minimum atomic E-state index is -0.0587. The SMILES string of the molecule is CCNC(=NCc1nncn1-c1ccccc1)NC1CC2(CCCC2)Oc2ccccc21. The molecule has 32 heavy (non-hydrogen) atoms. The van der Waals surface area contributed by atoms with Gasteiger partial charge in [-0.2, -0.15) is 0 Å². The molecule has 1 aliphatic carbocycles. The normalized spacial score (nSPS) is 19.4. The lowest BCUT2D eigenvalue weighted by atomic mass is 9.86. The Morgan fingerprint density at radius 1 is 1.12 bits per heavy atom. The van der Waals surface area contributed by atoms with Crippen LogP contribution in [0.3, 0.4) is 0 Å². The van der Waals surface area contributed by atoms with Gasteiger partial charge in [0.1, 0.15) is 24.2 Å². The van der Waals surface area contributed by atoms with Crippen LogP contribution in [0.15, 0.2) is 65.9 Å². The summed E-state index contributed by atoms with van der Waals surface area (Å²) in [6.45, 7) is 3.30. The molecule has 1 unspecified atom stereocenters. The van der Waals surface area contributed by atoms with Gasteiger partial charge < -0.3 is 15.4 Å². The monoisotopic (exact) mass is 430 g/mol. The lowest BCUT2D eigenvalue weighted by Gasteiger charge is -2.40. The fraction of sp³-hybridized carbons (Fsp3) is 0.400. The molecular weight excluding hydrogens is 400 g/mol. The lowest BCUT2D eigenvalue weighted by molar-refractivity contribution is 0.0396. The van der Waals surface area contributed by atoms with Gasteiger partial charge in [-0.25, -0.2) is 4.99 Å². The van der Waals surface area contributed by atoms with Crippen molar-refractivity contribution in [1.82, 2.24) is 25.4 Å². The van der Waals surface area contributed by atoms with E-state index in [4.69, 9.17) is 9.73 Å². The zero-order valence-corrected chi connectivity index (χ0v) is 18.5. The number of hydrogen-bond acceptors (Lipinski definition) is 4. The van der Waals surface area contributed by atoms with Gasteiger partial charge in [-0.3, -0.25) is 4.57 Å². The number of para-hydroxylation sites is 2. The van der Waals surface area contributed by atoms with Crippen LogP contribution in [-0.2, 0) is 6.54 Å². The Morgan fingerprint density at radius 2 is 1.91 bits per heavy atom. The average molecular weight is 431 g/mol. The fourth-order valence-corrected chi connectivity index (χ4v) is 4.88. The average Bonchev–Trinajstić information content (AvgIpc) is 3.48. The quantitative estimate of drug-likeness (QED) is 0.470. The highest BCUT2D eigenvalue weighted by molar-refractivity contribution is 5.80. The summed E-state index contributed by atoms with van der Waals surface area (Å²) >= 11 is 0. The van der Waals surface area contributed by atoms with Gasteiger partial charge in [0.05, 0.1) is 6.04 Å². The maximum Gasteiger partial charge on any atom is 0.192 e. The van der Waals surface area contributed by atoms with E-state index in [1.54, 1.807) is 6.33 Å². The number of guanidine groups is 1. The Hall–Kier alpha value is -3.35. The Bertz CT molecular complexity index is 1070. The van der Waals surface area contributed by atoms with E-state index >= 15 is 0 Å². The number of ether oxygens (including phenoxy) is 1. The minimum absolute atomic E-state index is 0.0587. The molecular formula is C25H30N6O. The highest BCUT2D eigenvalue weighted by Crippen LogP contribution is 2.46. The van der Waals surface area contributed by atoms with Crippen molar-refractivity contribution in [2.75, 3.05) is 6.54 Å². The third-order valence-electron chi connectivity index (χ3n) is 6.40. The van der Waals surface area contributed by atoms with Crippen LogP contribution in [0.5, 0.6) is 5.75 Å². The van der Waals surface area contributed by atoms with Crippen LogP contribution in [0, 0.1) is 0 Å². The zero-order chi connectivity index (χ0) is 21.8. The molecule has 2 aliphatic rings. The van der Waals surface area contributed by atoms with E-state index in [0.29, 0.717) is 6.54 Å². The van der Waals surface area contributed by atoms with Gasteiger partial charge >= 0.3 is 0 Å². The third-order valence-corrected chi connectivity index (χ3v) is 6.40. The van der Waals surface area contributed by atoms with Crippen molar-refractivity contribution < 1.29 is 4.74 Å². The first kappa shape index (κ1) is 20.5. The van der Waals surface area contributed by atoms with Gasteiger partial charge in [0, 0.05) is 24.2 Å². The van der Waals surface area contributed by atoms with E-state index in [0.717, 1.165) is 49.0 Å². The fourth-order valence-electron chi connectivity index (χ4n) is 4.88. The van der Waals surface area contributed by atoms with Crippen molar-refractivity contribution in [3.8, 4) is 11.4 Å². The molecule has 166 valence electrons. The van der Waals surface area contributed by atoms with Gasteiger partial charge in [0.15, 0.2) is 11.8 Å². The predicted molar refractivity (Wildman–Crippen MR) is 125 cm³/mol. The molecule has 0 bridgehead atoms. The van der Waals surface area contributed by atoms with E-state index in [2.05, 4.69) is 52.0 Å². The summed E-state index contributed by atoms with van der Waals surface area (Å²) in [4.78, 5) is 4.85. The second-order valence-electron chi connectivity index (χ2n) is 8.58. The molecule has 7 nitrogen and oxygen atoms in total. The van der Waals surface area contributed by atoms with Gasteiger partial charge in [0.25, 0.3) is 0 Å². The van der Waals surface area contributed by atoms with Crippen molar-refractivity contribution in [1.29, 1.82) is 0 Å². The zero-order valence-electron chi connectivity index (χ0n) is 18.5. The van der Waals surface area contributed by atoms with Crippen LogP contribution < -0.4 is 15.4 Å². The van der Waals surface area contributed by atoms with Crippen molar-refractivity contribution in [3.63, 3.8) is 0 Å². The highest BCUT2D eigenvalue weighted by Gasteiger charge is 2.43. The second-order valence-corrected chi connectivity index (χ2v) is 8.58. The van der Waals surface area contributed by atoms with E-state index in [1.165, 1.54) is 18.4 Å². The molecule has 1 fully saturated rings. The van der Waals surface area contributed by atoms with Crippen LogP contribution in [0.1, 0.15) is 56.5 Å². The standard InChI is InChI=1S/C25H30N6O/c1-2-26-24(27-17-23-30-28-18-31(23)19-10-4-3-5-11-19)29-21-16-25(14-8-9-15-25)32-22-13-7-6-12-20(21)22/h3-7,10-13,18,21H,2,8-9,14-17H2,1H3,(H2,26,27,29). The van der Waals surface area contributed by atoms with Crippen LogP contribution in [0.25, 0.3) is 5.69 Å². The number of aliphatic imine (C=N–C) groups is 1. The molecule has 3 aromatic rings. The molecule has 2 aromatic carbocycles. The number of hydrogen-bond donors (Lipinski definition) is 2. The summed E-state index contributed by atoms with van der Waals surface area (Å²) in [5.74, 6) is 2.58. The van der Waals surface area contributed by atoms with Gasteiger partial charge in [-0.05, 0) is 50.8 Å². The maximum atomic E-state index is 6.51. The molecule has 2 N–H and O–H groups in total. The minimum Gasteiger partial charge on any atom is -0.487 e. The van der Waals surface area contributed by atoms with E-state index < -0.39 is 0 Å². The largest absolute Gasteiger partial charge is 0.487 e. The van der Waals surface area contributed by atoms with Crippen LogP contribution in [-0.4, -0.2) is 32.9 Å². The molecule has 7 heteroatoms. The first-order valence-electron chi connectivity index (χ1n) is 11.5. The van der Waals surface area contributed by atoms with Crippen molar-refractivity contribution in [2.24, 2.45) is 4.99 Å². The number of nitrogens with one attached hydrogen (secondary N) is 2. The lowest BCUT2D eigenvalue weighted by Crippen LogP contribution is -2.46. The number of fused-ring (bicyclic) bond motifs is 1. The molecule has 1 atom stereocenters. The number of rotatable bonds is 5. The maximum absolute atomic E-state index is 6.51. The van der Waals surface area contributed by atoms with Gasteiger partial charge in [-0.1, -0.05) is 36.4 Å². The summed E-state index contributed by atoms with van der Waals surface area (Å²) in [6.07, 6.45) is 7.39. The number of benzene rings is 2. The number of nitrogens with zero attached hydrogens (tertiary/aromatic N) is 4. The van der Waals surface area contributed by atoms with Crippen LogP contribution in [0.2, 0.25) is 0 Å². The molecule has 5 rings (SSSR count). The predicted octanol–water partition coefficient (Wildman–Crippen LogP) is 4.16. The Kier molecular flexibility index (Phi) is 5.79. The molecule has 0 saturated heterocycles. The molecule has 2 heterocycles. The first-order chi connectivity index (χ1) is 15.8. The topological polar surface area (TPSA) is 76.4 Å². The highest BCUT2D eigenvalue weighted by atomic mass is 16.5. The summed E-state index contributed by atoms with van der Waals surface area (Å²) in [6, 6.07) is 18.6. The van der Waals surface area contributed by atoms with Crippen molar-refractivity contribution in [3.05, 3.63) is 72.3 Å². The van der Waals surface area contributed by atoms with Crippen molar-refractivity contribution in [2.45, 2.75) is 57.2 Å². The smallest absolute Gasteiger partial charge is 0.192 e. The Morgan fingerprint density at radius 3 is 2.72 bits per heavy atom. The van der Waals surface area contributed by atoms with E-state index in [-0.39, 0.29) is 11.6 Å². The van der Waals surface area contributed by atoms with Crippen LogP contribution >= 0.6 is 0 Å². The summed E-state index contributed by atoms with van der Waals surface area (Å²) in [5.41, 5.74) is 2.17. The van der Waals surface area contributed by atoms with Crippen LogP contribution in [0.4, 0.5) is 0 Å². The molecule has 1 aromatic heterocycles. The number of aromatic nitrogens is 3. The Labute approximate surface area is 188 Å². The van der Waals surface area contributed by atoms with Crippen molar-refractivity contribution >= 4 is 5.96 Å².